The molecule has 0 bridgehead atoms. The Morgan fingerprint density at radius 2 is 1.96 bits per heavy atom. The molecule has 0 unspecified atom stereocenters. The number of rotatable bonds is 4. The first-order valence-electron chi connectivity index (χ1n) is 7.47. The average Bonchev–Trinajstić information content (AvgIpc) is 3.11. The van der Waals surface area contributed by atoms with Crippen LogP contribution in [0.25, 0.3) is 5.69 Å². The molecule has 1 aromatic carbocycles. The van der Waals surface area contributed by atoms with Gasteiger partial charge in [-0.25, -0.2) is 9.67 Å². The Hall–Kier alpha value is -1.99. The number of aromatic nitrogens is 3. The third kappa shape index (κ3) is 3.42. The number of nitrogens with one attached hydrogen (secondary N) is 1. The normalized spacial score (nSPS) is 10.8. The van der Waals surface area contributed by atoms with E-state index in [-0.39, 0.29) is 5.91 Å². The maximum absolute atomic E-state index is 12.2. The van der Waals surface area contributed by atoms with E-state index in [0.29, 0.717) is 12.1 Å². The van der Waals surface area contributed by atoms with Crippen molar-refractivity contribution < 1.29 is 4.79 Å². The molecule has 3 rings (SSSR count). The van der Waals surface area contributed by atoms with E-state index in [1.54, 1.807) is 11.3 Å². The van der Waals surface area contributed by atoms with Crippen LogP contribution in [0, 0.1) is 20.8 Å². The number of nitrogens with zero attached hydrogens (tertiary/aromatic N) is 3. The quantitative estimate of drug-likeness (QED) is 0.715. The third-order valence-electron chi connectivity index (χ3n) is 3.64. The highest BCUT2D eigenvalue weighted by Crippen LogP contribution is 2.23. The molecule has 1 N–H and O–H groups in total. The zero-order valence-electron chi connectivity index (χ0n) is 13.6. The predicted molar refractivity (Wildman–Crippen MR) is 98.8 cm³/mol. The molecule has 0 aliphatic heterocycles. The second-order valence-corrected chi connectivity index (χ2v) is 7.24. The van der Waals surface area contributed by atoms with Gasteiger partial charge in [-0.2, -0.15) is 5.10 Å². The van der Waals surface area contributed by atoms with Gasteiger partial charge in [0, 0.05) is 16.6 Å². The number of hydrogen-bond acceptors (Lipinski definition) is 4. The summed E-state index contributed by atoms with van der Waals surface area (Å²) in [5, 5.41) is 10.3. The summed E-state index contributed by atoms with van der Waals surface area (Å²) in [5.74, 6) is -0.107. The smallest absolute Gasteiger partial charge is 0.251 e. The topological polar surface area (TPSA) is 59.8 Å². The Labute approximate surface area is 152 Å². The summed E-state index contributed by atoms with van der Waals surface area (Å²) in [6, 6.07) is 7.41. The molecule has 0 fully saturated rings. The number of thiazole rings is 1. The van der Waals surface area contributed by atoms with Gasteiger partial charge in [0.05, 0.1) is 28.1 Å². The molecule has 0 saturated carbocycles. The van der Waals surface area contributed by atoms with E-state index in [1.165, 1.54) is 0 Å². The Bertz CT molecular complexity index is 883. The van der Waals surface area contributed by atoms with Crippen molar-refractivity contribution in [1.29, 1.82) is 0 Å². The van der Waals surface area contributed by atoms with Crippen molar-refractivity contribution >= 4 is 33.2 Å². The summed E-state index contributed by atoms with van der Waals surface area (Å²) in [7, 11) is 0. The molecule has 2 heterocycles. The minimum Gasteiger partial charge on any atom is -0.346 e. The standard InChI is InChI=1S/C17H17BrN4OS/c1-10-9-24-15(20-10)8-19-17(23)13-4-6-14(7-5-13)22-12(3)16(18)11(2)21-22/h4-7,9H,8H2,1-3H3,(H,19,23). The number of carbonyl (C=O) groups is 1. The van der Waals surface area contributed by atoms with Gasteiger partial charge in [0.15, 0.2) is 0 Å². The van der Waals surface area contributed by atoms with E-state index in [9.17, 15) is 4.79 Å². The van der Waals surface area contributed by atoms with E-state index in [2.05, 4.69) is 31.3 Å². The average molecular weight is 405 g/mol. The lowest BCUT2D eigenvalue weighted by atomic mass is 10.2. The minimum absolute atomic E-state index is 0.107. The van der Waals surface area contributed by atoms with Crippen molar-refractivity contribution in [2.45, 2.75) is 27.3 Å². The molecule has 124 valence electrons. The number of amides is 1. The molecule has 2 aromatic heterocycles. The molecular formula is C17H17BrN4OS. The summed E-state index contributed by atoms with van der Waals surface area (Å²) < 4.78 is 2.86. The van der Waals surface area contributed by atoms with Crippen LogP contribution in [-0.4, -0.2) is 20.7 Å². The molecule has 24 heavy (non-hydrogen) atoms. The van der Waals surface area contributed by atoms with Crippen molar-refractivity contribution in [2.75, 3.05) is 0 Å². The molecule has 0 atom stereocenters. The molecule has 5 nitrogen and oxygen atoms in total. The lowest BCUT2D eigenvalue weighted by molar-refractivity contribution is 0.0951. The van der Waals surface area contributed by atoms with Gasteiger partial charge in [-0.3, -0.25) is 4.79 Å². The van der Waals surface area contributed by atoms with E-state index >= 15 is 0 Å². The Kier molecular flexibility index (Phi) is 4.82. The molecule has 0 aliphatic rings. The van der Waals surface area contributed by atoms with Crippen LogP contribution >= 0.6 is 27.3 Å². The maximum atomic E-state index is 12.2. The highest BCUT2D eigenvalue weighted by atomic mass is 79.9. The highest BCUT2D eigenvalue weighted by Gasteiger charge is 2.11. The lowest BCUT2D eigenvalue weighted by Crippen LogP contribution is -2.22. The first-order chi connectivity index (χ1) is 11.5. The fraction of sp³-hybridized carbons (Fsp3) is 0.235. The highest BCUT2D eigenvalue weighted by molar-refractivity contribution is 9.10. The number of benzene rings is 1. The predicted octanol–water partition coefficient (Wildman–Crippen LogP) is 3.95. The van der Waals surface area contributed by atoms with Crippen molar-refractivity contribution in [2.24, 2.45) is 0 Å². The fourth-order valence-electron chi connectivity index (χ4n) is 2.37. The van der Waals surface area contributed by atoms with Crippen molar-refractivity contribution in [3.05, 3.63) is 61.8 Å². The summed E-state index contributed by atoms with van der Waals surface area (Å²) in [6.07, 6.45) is 0. The van der Waals surface area contributed by atoms with Crippen LogP contribution in [0.3, 0.4) is 0 Å². The van der Waals surface area contributed by atoms with Crippen LogP contribution in [0.2, 0.25) is 0 Å². The first-order valence-corrected chi connectivity index (χ1v) is 9.14. The van der Waals surface area contributed by atoms with Gasteiger partial charge in [0.25, 0.3) is 5.91 Å². The van der Waals surface area contributed by atoms with Crippen molar-refractivity contribution in [1.82, 2.24) is 20.1 Å². The van der Waals surface area contributed by atoms with Crippen LogP contribution in [-0.2, 0) is 6.54 Å². The van der Waals surface area contributed by atoms with Crippen LogP contribution in [0.5, 0.6) is 0 Å². The summed E-state index contributed by atoms with van der Waals surface area (Å²) in [6.45, 7) is 6.35. The number of carbonyl (C=O) groups excluding carboxylic acids is 1. The summed E-state index contributed by atoms with van der Waals surface area (Å²) in [4.78, 5) is 16.6. The van der Waals surface area contributed by atoms with Gasteiger partial charge in [0.2, 0.25) is 0 Å². The number of hydrogen-bond donors (Lipinski definition) is 1. The number of halogens is 1. The first kappa shape index (κ1) is 16.9. The van der Waals surface area contributed by atoms with Gasteiger partial charge in [-0.05, 0) is 61.0 Å². The van der Waals surface area contributed by atoms with Crippen molar-refractivity contribution in [3.63, 3.8) is 0 Å². The monoisotopic (exact) mass is 404 g/mol. The molecule has 1 amide bonds. The zero-order chi connectivity index (χ0) is 17.3. The summed E-state index contributed by atoms with van der Waals surface area (Å²) >= 11 is 5.08. The van der Waals surface area contributed by atoms with Gasteiger partial charge in [-0.15, -0.1) is 11.3 Å². The molecule has 0 spiro atoms. The maximum Gasteiger partial charge on any atom is 0.251 e. The minimum atomic E-state index is -0.107. The van der Waals surface area contributed by atoms with E-state index in [0.717, 1.165) is 32.2 Å². The van der Waals surface area contributed by atoms with Crippen molar-refractivity contribution in [3.8, 4) is 5.69 Å². The van der Waals surface area contributed by atoms with Gasteiger partial charge in [-0.1, -0.05) is 0 Å². The van der Waals surface area contributed by atoms with Crippen LogP contribution in [0.1, 0.15) is 32.4 Å². The van der Waals surface area contributed by atoms with Crippen LogP contribution < -0.4 is 5.32 Å². The lowest BCUT2D eigenvalue weighted by Gasteiger charge is -2.07. The molecular weight excluding hydrogens is 388 g/mol. The van der Waals surface area contributed by atoms with Gasteiger partial charge >= 0.3 is 0 Å². The largest absolute Gasteiger partial charge is 0.346 e. The Morgan fingerprint density at radius 3 is 2.50 bits per heavy atom. The Balaban J connectivity index is 1.71. The van der Waals surface area contributed by atoms with Crippen LogP contribution in [0.4, 0.5) is 0 Å². The van der Waals surface area contributed by atoms with Gasteiger partial charge in [0.1, 0.15) is 5.01 Å². The molecule has 0 radical (unpaired) electrons. The second-order valence-electron chi connectivity index (χ2n) is 5.51. The number of aryl methyl sites for hydroxylation is 2. The van der Waals surface area contributed by atoms with E-state index in [1.807, 2.05) is 55.1 Å². The SMILES string of the molecule is Cc1csc(CNC(=O)c2ccc(-n3nc(C)c(Br)c3C)cc2)n1. The van der Waals surface area contributed by atoms with E-state index in [4.69, 9.17) is 0 Å². The van der Waals surface area contributed by atoms with E-state index < -0.39 is 0 Å². The Morgan fingerprint density at radius 1 is 1.25 bits per heavy atom. The summed E-state index contributed by atoms with van der Waals surface area (Å²) in [5.41, 5.74) is 4.49. The molecule has 7 heteroatoms. The zero-order valence-corrected chi connectivity index (χ0v) is 16.0. The molecule has 3 aromatic rings. The fourth-order valence-corrected chi connectivity index (χ4v) is 3.33. The van der Waals surface area contributed by atoms with Gasteiger partial charge < -0.3 is 5.32 Å². The van der Waals surface area contributed by atoms with Crippen LogP contribution in [0.15, 0.2) is 34.1 Å². The second kappa shape index (κ2) is 6.86. The third-order valence-corrected chi connectivity index (χ3v) is 5.76. The molecule has 0 aliphatic carbocycles. The molecule has 0 saturated heterocycles.